The summed E-state index contributed by atoms with van der Waals surface area (Å²) in [7, 11) is 0. The minimum absolute atomic E-state index is 0.0700. The standard InChI is InChI=1S/C16H18O2/c1-3-12(2)15(13-8-5-4-6-9-13)16(17)14-10-7-11-18-14/h4-12,15H,3H2,1-2H3. The van der Waals surface area contributed by atoms with Crippen LogP contribution in [0, 0.1) is 5.92 Å². The van der Waals surface area contributed by atoms with Gasteiger partial charge in [0.05, 0.1) is 12.2 Å². The summed E-state index contributed by atoms with van der Waals surface area (Å²) in [6.45, 7) is 4.22. The highest BCUT2D eigenvalue weighted by molar-refractivity contribution is 5.98. The van der Waals surface area contributed by atoms with Crippen LogP contribution < -0.4 is 0 Å². The van der Waals surface area contributed by atoms with E-state index >= 15 is 0 Å². The lowest BCUT2D eigenvalue weighted by Crippen LogP contribution is -2.19. The lowest BCUT2D eigenvalue weighted by molar-refractivity contribution is 0.0904. The first-order valence-corrected chi connectivity index (χ1v) is 6.36. The molecule has 0 spiro atoms. The van der Waals surface area contributed by atoms with Gasteiger partial charge in [-0.3, -0.25) is 4.79 Å². The van der Waals surface area contributed by atoms with Gasteiger partial charge in [-0.15, -0.1) is 0 Å². The summed E-state index contributed by atoms with van der Waals surface area (Å²) in [6.07, 6.45) is 2.51. The molecule has 2 heteroatoms. The Morgan fingerprint density at radius 3 is 2.44 bits per heavy atom. The molecule has 0 aliphatic rings. The van der Waals surface area contributed by atoms with Gasteiger partial charge in [-0.25, -0.2) is 0 Å². The van der Waals surface area contributed by atoms with Crippen molar-refractivity contribution < 1.29 is 9.21 Å². The molecule has 1 aromatic carbocycles. The van der Waals surface area contributed by atoms with Gasteiger partial charge in [-0.1, -0.05) is 50.6 Å². The van der Waals surface area contributed by atoms with E-state index in [0.717, 1.165) is 12.0 Å². The van der Waals surface area contributed by atoms with Crippen LogP contribution in [0.2, 0.25) is 0 Å². The van der Waals surface area contributed by atoms with E-state index in [0.29, 0.717) is 11.7 Å². The molecule has 0 radical (unpaired) electrons. The highest BCUT2D eigenvalue weighted by Crippen LogP contribution is 2.30. The van der Waals surface area contributed by atoms with Crippen LogP contribution in [0.25, 0.3) is 0 Å². The molecule has 0 N–H and O–H groups in total. The summed E-state index contributed by atoms with van der Waals surface area (Å²) in [5.41, 5.74) is 1.06. The predicted molar refractivity (Wildman–Crippen MR) is 71.7 cm³/mol. The number of hydrogen-bond acceptors (Lipinski definition) is 2. The molecule has 2 unspecified atom stereocenters. The third kappa shape index (κ3) is 2.53. The summed E-state index contributed by atoms with van der Waals surface area (Å²) in [5.74, 6) is 0.692. The zero-order valence-electron chi connectivity index (χ0n) is 10.8. The zero-order valence-corrected chi connectivity index (χ0v) is 10.8. The Hall–Kier alpha value is -1.83. The molecule has 2 aromatic rings. The molecule has 0 saturated heterocycles. The van der Waals surface area contributed by atoms with Crippen molar-refractivity contribution in [2.24, 2.45) is 5.92 Å². The van der Waals surface area contributed by atoms with Crippen molar-refractivity contribution >= 4 is 5.78 Å². The first kappa shape index (κ1) is 12.6. The van der Waals surface area contributed by atoms with Crippen LogP contribution in [-0.4, -0.2) is 5.78 Å². The smallest absolute Gasteiger partial charge is 0.205 e. The normalized spacial score (nSPS) is 14.1. The van der Waals surface area contributed by atoms with E-state index in [1.54, 1.807) is 18.4 Å². The fraction of sp³-hybridized carbons (Fsp3) is 0.312. The van der Waals surface area contributed by atoms with E-state index in [-0.39, 0.29) is 11.7 Å². The summed E-state index contributed by atoms with van der Waals surface area (Å²) < 4.78 is 5.24. The second kappa shape index (κ2) is 5.67. The van der Waals surface area contributed by atoms with Crippen molar-refractivity contribution in [2.45, 2.75) is 26.2 Å². The topological polar surface area (TPSA) is 30.2 Å². The highest BCUT2D eigenvalue weighted by atomic mass is 16.3. The van der Waals surface area contributed by atoms with Gasteiger partial charge in [0.15, 0.2) is 5.76 Å². The number of ketones is 1. The Morgan fingerprint density at radius 1 is 1.17 bits per heavy atom. The zero-order chi connectivity index (χ0) is 13.0. The molecule has 1 aromatic heterocycles. The average molecular weight is 242 g/mol. The van der Waals surface area contributed by atoms with Crippen LogP contribution >= 0.6 is 0 Å². The van der Waals surface area contributed by atoms with E-state index in [4.69, 9.17) is 4.42 Å². The fourth-order valence-electron chi connectivity index (χ4n) is 2.21. The monoisotopic (exact) mass is 242 g/mol. The minimum Gasteiger partial charge on any atom is -0.461 e. The first-order valence-electron chi connectivity index (χ1n) is 6.36. The van der Waals surface area contributed by atoms with E-state index in [1.807, 2.05) is 30.3 Å². The largest absolute Gasteiger partial charge is 0.461 e. The number of Topliss-reactive ketones (excluding diaryl/α,β-unsaturated/α-hetero) is 1. The first-order chi connectivity index (χ1) is 8.74. The van der Waals surface area contributed by atoms with Crippen molar-refractivity contribution in [3.05, 3.63) is 60.1 Å². The quantitative estimate of drug-likeness (QED) is 0.732. The van der Waals surface area contributed by atoms with Gasteiger partial charge in [0.25, 0.3) is 0 Å². The molecular formula is C16H18O2. The SMILES string of the molecule is CCC(C)C(C(=O)c1ccco1)c1ccccc1. The van der Waals surface area contributed by atoms with Crippen LogP contribution in [0.5, 0.6) is 0 Å². The van der Waals surface area contributed by atoms with Gasteiger partial charge in [0.1, 0.15) is 0 Å². The van der Waals surface area contributed by atoms with Gasteiger partial charge < -0.3 is 4.42 Å². The summed E-state index contributed by atoms with van der Waals surface area (Å²) >= 11 is 0. The van der Waals surface area contributed by atoms with Gasteiger partial charge >= 0.3 is 0 Å². The Bertz CT molecular complexity index is 485. The Kier molecular flexibility index (Phi) is 3.98. The van der Waals surface area contributed by atoms with Crippen molar-refractivity contribution in [1.29, 1.82) is 0 Å². The fourth-order valence-corrected chi connectivity index (χ4v) is 2.21. The lowest BCUT2D eigenvalue weighted by atomic mass is 9.82. The molecule has 0 fully saturated rings. The van der Waals surface area contributed by atoms with Crippen LogP contribution in [0.15, 0.2) is 53.1 Å². The lowest BCUT2D eigenvalue weighted by Gasteiger charge is -2.21. The maximum Gasteiger partial charge on any atom is 0.205 e. The van der Waals surface area contributed by atoms with Crippen molar-refractivity contribution in [3.63, 3.8) is 0 Å². The maximum absolute atomic E-state index is 12.5. The number of rotatable bonds is 5. The van der Waals surface area contributed by atoms with Crippen LogP contribution in [0.4, 0.5) is 0 Å². The molecule has 1 heterocycles. The van der Waals surface area contributed by atoms with Gasteiger partial charge in [0, 0.05) is 0 Å². The average Bonchev–Trinajstić information content (AvgIpc) is 2.94. The van der Waals surface area contributed by atoms with E-state index in [1.165, 1.54) is 0 Å². The highest BCUT2D eigenvalue weighted by Gasteiger charge is 2.28. The van der Waals surface area contributed by atoms with Crippen molar-refractivity contribution in [2.75, 3.05) is 0 Å². The summed E-state index contributed by atoms with van der Waals surface area (Å²) in [6, 6.07) is 13.4. The maximum atomic E-state index is 12.5. The number of furan rings is 1. The molecule has 2 rings (SSSR count). The predicted octanol–water partition coefficient (Wildman–Crippen LogP) is 4.29. The molecule has 0 aliphatic carbocycles. The molecule has 2 nitrogen and oxygen atoms in total. The molecule has 0 aliphatic heterocycles. The summed E-state index contributed by atoms with van der Waals surface area (Å²) in [5, 5.41) is 0. The molecule has 18 heavy (non-hydrogen) atoms. The van der Waals surface area contributed by atoms with E-state index in [9.17, 15) is 4.79 Å². The third-order valence-corrected chi connectivity index (χ3v) is 3.42. The molecule has 0 bridgehead atoms. The van der Waals surface area contributed by atoms with Gasteiger partial charge in [-0.2, -0.15) is 0 Å². The molecule has 0 amide bonds. The van der Waals surface area contributed by atoms with E-state index in [2.05, 4.69) is 13.8 Å². The molecule has 2 atom stereocenters. The third-order valence-electron chi connectivity index (χ3n) is 3.42. The Balaban J connectivity index is 2.35. The second-order valence-corrected chi connectivity index (χ2v) is 4.62. The van der Waals surface area contributed by atoms with Crippen LogP contribution in [0.3, 0.4) is 0 Å². The summed E-state index contributed by atoms with van der Waals surface area (Å²) in [4.78, 5) is 12.5. The number of hydrogen-bond donors (Lipinski definition) is 0. The van der Waals surface area contributed by atoms with Crippen molar-refractivity contribution in [1.82, 2.24) is 0 Å². The number of carbonyl (C=O) groups excluding carboxylic acids is 1. The van der Waals surface area contributed by atoms with Gasteiger partial charge in [0.2, 0.25) is 5.78 Å². The number of benzene rings is 1. The van der Waals surface area contributed by atoms with Crippen LogP contribution in [0.1, 0.15) is 42.3 Å². The van der Waals surface area contributed by atoms with E-state index < -0.39 is 0 Å². The second-order valence-electron chi connectivity index (χ2n) is 4.62. The molecular weight excluding hydrogens is 224 g/mol. The Morgan fingerprint density at radius 2 is 1.89 bits per heavy atom. The van der Waals surface area contributed by atoms with Crippen LogP contribution in [-0.2, 0) is 0 Å². The van der Waals surface area contributed by atoms with Crippen molar-refractivity contribution in [3.8, 4) is 0 Å². The minimum atomic E-state index is -0.123. The van der Waals surface area contributed by atoms with Gasteiger partial charge in [-0.05, 0) is 23.6 Å². The Labute approximate surface area is 108 Å². The number of carbonyl (C=O) groups is 1. The molecule has 0 saturated carbocycles. The molecule has 94 valence electrons.